The summed E-state index contributed by atoms with van der Waals surface area (Å²) in [5, 5.41) is 7.11. The first kappa shape index (κ1) is 22.8. The molecule has 2 aliphatic heterocycles. The zero-order valence-corrected chi connectivity index (χ0v) is 20.1. The Bertz CT molecular complexity index is 830. The van der Waals surface area contributed by atoms with Crippen LogP contribution in [-0.4, -0.2) is 41.3 Å². The van der Waals surface area contributed by atoms with Crippen molar-refractivity contribution in [1.29, 1.82) is 0 Å². The van der Waals surface area contributed by atoms with Crippen molar-refractivity contribution >= 4 is 34.9 Å². The van der Waals surface area contributed by atoms with Gasteiger partial charge in [0.1, 0.15) is 11.6 Å². The molecule has 2 aromatic rings. The second-order valence-corrected chi connectivity index (χ2v) is 9.41. The Balaban J connectivity index is 1.49. The number of hydrogen-bond acceptors (Lipinski definition) is 5. The van der Waals surface area contributed by atoms with Crippen molar-refractivity contribution in [3.05, 3.63) is 41.5 Å². The molecular formula is C25H36N6S. The summed E-state index contributed by atoms with van der Waals surface area (Å²) in [5.41, 5.74) is 2.46. The molecule has 2 saturated heterocycles. The van der Waals surface area contributed by atoms with Gasteiger partial charge in [-0.05, 0) is 50.4 Å². The second kappa shape index (κ2) is 11.5. The molecule has 0 radical (unpaired) electrons. The largest absolute Gasteiger partial charge is 0.358 e. The van der Waals surface area contributed by atoms with Crippen LogP contribution in [-0.2, 0) is 6.54 Å². The average molecular weight is 453 g/mol. The summed E-state index contributed by atoms with van der Waals surface area (Å²) >= 11 is 5.57. The number of nitrogens with one attached hydrogen (secondary N) is 2. The molecule has 4 rings (SSSR count). The highest BCUT2D eigenvalue weighted by Gasteiger charge is 2.18. The first-order chi connectivity index (χ1) is 15.7. The van der Waals surface area contributed by atoms with Gasteiger partial charge in [0.2, 0.25) is 5.95 Å². The zero-order chi connectivity index (χ0) is 22.2. The van der Waals surface area contributed by atoms with Gasteiger partial charge in [-0.15, -0.1) is 0 Å². The van der Waals surface area contributed by atoms with Gasteiger partial charge in [0.25, 0.3) is 0 Å². The number of aryl methyl sites for hydroxylation is 1. The Morgan fingerprint density at radius 1 is 0.812 bits per heavy atom. The van der Waals surface area contributed by atoms with E-state index in [1.807, 2.05) is 0 Å². The lowest BCUT2D eigenvalue weighted by Gasteiger charge is -2.26. The molecule has 0 amide bonds. The molecule has 7 heteroatoms. The highest BCUT2D eigenvalue weighted by molar-refractivity contribution is 7.80. The van der Waals surface area contributed by atoms with Gasteiger partial charge in [0.15, 0.2) is 5.11 Å². The van der Waals surface area contributed by atoms with Crippen molar-refractivity contribution in [3.63, 3.8) is 0 Å². The van der Waals surface area contributed by atoms with Gasteiger partial charge >= 0.3 is 0 Å². The van der Waals surface area contributed by atoms with E-state index in [0.717, 1.165) is 37.8 Å². The molecule has 0 saturated carbocycles. The van der Waals surface area contributed by atoms with Crippen LogP contribution in [0.5, 0.6) is 0 Å². The zero-order valence-electron chi connectivity index (χ0n) is 19.3. The van der Waals surface area contributed by atoms with E-state index in [1.54, 1.807) is 0 Å². The minimum absolute atomic E-state index is 0.556. The first-order valence-corrected chi connectivity index (χ1v) is 12.6. The standard InChI is InChI=1S/C25H36N6S/c1-20-10-12-21(13-11-20)19-26-25(32)29-24-27-22(30-14-6-2-3-7-15-30)18-23(28-24)31-16-8-4-5-9-17-31/h10-13,18H,2-9,14-17,19H2,1H3,(H2,26,27,28,29,32). The van der Waals surface area contributed by atoms with E-state index in [-0.39, 0.29) is 0 Å². The molecule has 2 N–H and O–H groups in total. The lowest BCUT2D eigenvalue weighted by atomic mass is 10.1. The minimum Gasteiger partial charge on any atom is -0.358 e. The summed E-state index contributed by atoms with van der Waals surface area (Å²) < 4.78 is 0. The van der Waals surface area contributed by atoms with Crippen LogP contribution in [0.2, 0.25) is 0 Å². The van der Waals surface area contributed by atoms with Crippen LogP contribution in [0.3, 0.4) is 0 Å². The van der Waals surface area contributed by atoms with Crippen LogP contribution >= 0.6 is 12.2 Å². The molecule has 32 heavy (non-hydrogen) atoms. The molecule has 0 aliphatic carbocycles. The first-order valence-electron chi connectivity index (χ1n) is 12.2. The van der Waals surface area contributed by atoms with E-state index in [0.29, 0.717) is 17.6 Å². The monoisotopic (exact) mass is 452 g/mol. The number of aromatic nitrogens is 2. The number of nitrogens with zero attached hydrogens (tertiary/aromatic N) is 4. The van der Waals surface area contributed by atoms with E-state index < -0.39 is 0 Å². The van der Waals surface area contributed by atoms with Crippen LogP contribution in [0.4, 0.5) is 17.6 Å². The maximum Gasteiger partial charge on any atom is 0.232 e. The molecule has 172 valence electrons. The molecule has 2 fully saturated rings. The quantitative estimate of drug-likeness (QED) is 0.617. The molecule has 1 aromatic carbocycles. The Morgan fingerprint density at radius 2 is 1.31 bits per heavy atom. The van der Waals surface area contributed by atoms with Gasteiger partial charge in [0.05, 0.1) is 0 Å². The summed E-state index contributed by atoms with van der Waals surface area (Å²) in [5.74, 6) is 2.63. The van der Waals surface area contributed by atoms with E-state index in [4.69, 9.17) is 22.2 Å². The molecule has 0 atom stereocenters. The van der Waals surface area contributed by atoms with Gasteiger partial charge in [-0.3, -0.25) is 0 Å². The van der Waals surface area contributed by atoms with Crippen LogP contribution in [0.15, 0.2) is 30.3 Å². The topological polar surface area (TPSA) is 56.3 Å². The number of hydrogen-bond donors (Lipinski definition) is 2. The Morgan fingerprint density at radius 3 is 1.81 bits per heavy atom. The Labute approximate surface area is 197 Å². The molecule has 0 unspecified atom stereocenters. The fourth-order valence-corrected chi connectivity index (χ4v) is 4.60. The third-order valence-electron chi connectivity index (χ3n) is 6.36. The van der Waals surface area contributed by atoms with Gasteiger partial charge in [-0.2, -0.15) is 9.97 Å². The SMILES string of the molecule is Cc1ccc(CNC(=S)Nc2nc(N3CCCCCC3)cc(N3CCCCCC3)n2)cc1. The highest BCUT2D eigenvalue weighted by atomic mass is 32.1. The lowest BCUT2D eigenvalue weighted by Crippen LogP contribution is -2.31. The summed E-state index contributed by atoms with van der Waals surface area (Å²) in [7, 11) is 0. The van der Waals surface area contributed by atoms with E-state index in [1.165, 1.54) is 62.5 Å². The van der Waals surface area contributed by atoms with Crippen molar-refractivity contribution in [2.45, 2.75) is 64.8 Å². The fourth-order valence-electron chi connectivity index (χ4n) is 4.44. The maximum atomic E-state index is 5.57. The molecular weight excluding hydrogens is 416 g/mol. The highest BCUT2D eigenvalue weighted by Crippen LogP contribution is 2.25. The third kappa shape index (κ3) is 6.55. The van der Waals surface area contributed by atoms with E-state index in [2.05, 4.69) is 57.7 Å². The minimum atomic E-state index is 0.556. The Hall–Kier alpha value is -2.41. The van der Waals surface area contributed by atoms with E-state index >= 15 is 0 Å². The van der Waals surface area contributed by atoms with Crippen LogP contribution < -0.4 is 20.4 Å². The molecule has 3 heterocycles. The third-order valence-corrected chi connectivity index (χ3v) is 6.60. The van der Waals surface area contributed by atoms with Crippen molar-refractivity contribution in [1.82, 2.24) is 15.3 Å². The molecule has 6 nitrogen and oxygen atoms in total. The summed E-state index contributed by atoms with van der Waals surface area (Å²) in [6.07, 6.45) is 10.1. The van der Waals surface area contributed by atoms with Crippen molar-refractivity contribution in [2.24, 2.45) is 0 Å². The Kier molecular flexibility index (Phi) is 8.15. The predicted octanol–water partition coefficient (Wildman–Crippen LogP) is 5.03. The number of rotatable bonds is 5. The van der Waals surface area contributed by atoms with Gasteiger partial charge in [-0.25, -0.2) is 0 Å². The number of anilines is 3. The van der Waals surface area contributed by atoms with Crippen LogP contribution in [0.1, 0.15) is 62.5 Å². The summed E-state index contributed by atoms with van der Waals surface area (Å²) in [6, 6.07) is 10.7. The van der Waals surface area contributed by atoms with Gasteiger partial charge in [-0.1, -0.05) is 55.5 Å². The summed E-state index contributed by atoms with van der Waals surface area (Å²) in [6.45, 7) is 7.02. The predicted molar refractivity (Wildman–Crippen MR) is 138 cm³/mol. The summed E-state index contributed by atoms with van der Waals surface area (Å²) in [4.78, 5) is 14.6. The van der Waals surface area contributed by atoms with Gasteiger partial charge in [0, 0.05) is 38.8 Å². The molecule has 1 aromatic heterocycles. The average Bonchev–Trinajstić information content (AvgIpc) is 3.24. The molecule has 0 bridgehead atoms. The van der Waals surface area contributed by atoms with Crippen LogP contribution in [0.25, 0.3) is 0 Å². The van der Waals surface area contributed by atoms with Crippen molar-refractivity contribution < 1.29 is 0 Å². The lowest BCUT2D eigenvalue weighted by molar-refractivity contribution is 0.726. The molecule has 2 aliphatic rings. The normalized spacial score (nSPS) is 17.4. The fraction of sp³-hybridized carbons (Fsp3) is 0.560. The smallest absolute Gasteiger partial charge is 0.232 e. The number of benzene rings is 1. The van der Waals surface area contributed by atoms with Crippen molar-refractivity contribution in [3.8, 4) is 0 Å². The van der Waals surface area contributed by atoms with E-state index in [9.17, 15) is 0 Å². The maximum absolute atomic E-state index is 5.57. The van der Waals surface area contributed by atoms with Crippen molar-refractivity contribution in [2.75, 3.05) is 41.3 Å². The molecule has 0 spiro atoms. The van der Waals surface area contributed by atoms with Crippen LogP contribution in [0, 0.1) is 6.92 Å². The second-order valence-electron chi connectivity index (χ2n) is 9.00. The number of thiocarbonyl (C=S) groups is 1. The van der Waals surface area contributed by atoms with Gasteiger partial charge < -0.3 is 20.4 Å².